The predicted molar refractivity (Wildman–Crippen MR) is 65.7 cm³/mol. The average molecular weight is 197 g/mol. The van der Waals surface area contributed by atoms with E-state index in [9.17, 15) is 0 Å². The maximum absolute atomic E-state index is 6.03. The number of benzene rings is 2. The van der Waals surface area contributed by atoms with Gasteiger partial charge in [-0.15, -0.1) is 6.58 Å². The topological polar surface area (TPSA) is 26.0 Å². The Bertz CT molecular complexity index is 473. The van der Waals surface area contributed by atoms with E-state index in [0.29, 0.717) is 0 Å². The van der Waals surface area contributed by atoms with Gasteiger partial charge in [0.15, 0.2) is 0 Å². The molecule has 0 amide bonds. The van der Waals surface area contributed by atoms with Gasteiger partial charge in [-0.05, 0) is 28.8 Å². The molecule has 0 heterocycles. The summed E-state index contributed by atoms with van der Waals surface area (Å²) in [6, 6.07) is 14.7. The molecule has 1 nitrogen and oxygen atoms in total. The smallest absolute Gasteiger partial charge is 0.0329 e. The van der Waals surface area contributed by atoms with Crippen LogP contribution in [0.1, 0.15) is 18.0 Å². The third kappa shape index (κ3) is 2.08. The molecule has 2 aromatic carbocycles. The van der Waals surface area contributed by atoms with E-state index >= 15 is 0 Å². The number of hydrogen-bond acceptors (Lipinski definition) is 1. The molecule has 0 aliphatic rings. The van der Waals surface area contributed by atoms with Crippen LogP contribution in [0, 0.1) is 0 Å². The Balaban J connectivity index is 2.42. The third-order valence-corrected chi connectivity index (χ3v) is 2.62. The van der Waals surface area contributed by atoms with Gasteiger partial charge in [-0.25, -0.2) is 0 Å². The first-order chi connectivity index (χ1) is 7.31. The zero-order chi connectivity index (χ0) is 10.7. The summed E-state index contributed by atoms with van der Waals surface area (Å²) in [6.07, 6.45) is 2.68. The standard InChI is InChI=1S/C14H15N/c1-2-5-14(15)13-9-8-11-6-3-4-7-12(11)10-13/h2-4,6-10,14H,1,5,15H2/t14-/m1/s1. The number of nitrogens with two attached hydrogens (primary N) is 1. The summed E-state index contributed by atoms with van der Waals surface area (Å²) in [6.45, 7) is 3.71. The molecule has 1 atom stereocenters. The van der Waals surface area contributed by atoms with Crippen LogP contribution >= 0.6 is 0 Å². The maximum atomic E-state index is 6.03. The summed E-state index contributed by atoms with van der Waals surface area (Å²) >= 11 is 0. The van der Waals surface area contributed by atoms with Gasteiger partial charge in [0.2, 0.25) is 0 Å². The van der Waals surface area contributed by atoms with Crippen LogP contribution in [0.15, 0.2) is 55.1 Å². The van der Waals surface area contributed by atoms with Crippen LogP contribution in [0.2, 0.25) is 0 Å². The van der Waals surface area contributed by atoms with Gasteiger partial charge in [0.05, 0.1) is 0 Å². The van der Waals surface area contributed by atoms with Gasteiger partial charge in [-0.2, -0.15) is 0 Å². The molecule has 2 rings (SSSR count). The lowest BCUT2D eigenvalue weighted by Gasteiger charge is -2.10. The fourth-order valence-corrected chi connectivity index (χ4v) is 1.75. The molecular weight excluding hydrogens is 182 g/mol. The lowest BCUT2D eigenvalue weighted by atomic mass is 10.0. The van der Waals surface area contributed by atoms with E-state index in [2.05, 4.69) is 36.9 Å². The van der Waals surface area contributed by atoms with Crippen molar-refractivity contribution in [3.63, 3.8) is 0 Å². The van der Waals surface area contributed by atoms with Gasteiger partial charge >= 0.3 is 0 Å². The van der Waals surface area contributed by atoms with Crippen molar-refractivity contribution in [3.05, 3.63) is 60.7 Å². The second-order valence-corrected chi connectivity index (χ2v) is 3.74. The molecule has 2 aromatic rings. The zero-order valence-electron chi connectivity index (χ0n) is 8.69. The van der Waals surface area contributed by atoms with Gasteiger partial charge in [0.25, 0.3) is 0 Å². The SMILES string of the molecule is C=CC[C@@H](N)c1ccc2ccccc2c1. The first-order valence-electron chi connectivity index (χ1n) is 5.16. The number of fused-ring (bicyclic) bond motifs is 1. The second-order valence-electron chi connectivity index (χ2n) is 3.74. The Labute approximate surface area is 90.2 Å². The monoisotopic (exact) mass is 197 g/mol. The molecule has 0 bridgehead atoms. The molecule has 0 saturated carbocycles. The average Bonchev–Trinajstić information content (AvgIpc) is 2.29. The van der Waals surface area contributed by atoms with E-state index in [1.54, 1.807) is 0 Å². The van der Waals surface area contributed by atoms with Crippen LogP contribution in [0.25, 0.3) is 10.8 Å². The van der Waals surface area contributed by atoms with Crippen LogP contribution in [0.3, 0.4) is 0 Å². The highest BCUT2D eigenvalue weighted by molar-refractivity contribution is 5.83. The van der Waals surface area contributed by atoms with Gasteiger partial charge in [0, 0.05) is 6.04 Å². The molecule has 0 aliphatic carbocycles. The summed E-state index contributed by atoms with van der Waals surface area (Å²) in [7, 11) is 0. The van der Waals surface area contributed by atoms with E-state index in [4.69, 9.17) is 5.73 Å². The largest absolute Gasteiger partial charge is 0.324 e. The molecule has 15 heavy (non-hydrogen) atoms. The van der Waals surface area contributed by atoms with Crippen LogP contribution in [0.4, 0.5) is 0 Å². The Hall–Kier alpha value is -1.60. The van der Waals surface area contributed by atoms with Crippen LogP contribution in [-0.2, 0) is 0 Å². The molecular formula is C14H15N. The van der Waals surface area contributed by atoms with Crippen molar-refractivity contribution in [1.29, 1.82) is 0 Å². The van der Waals surface area contributed by atoms with Gasteiger partial charge < -0.3 is 5.73 Å². The fraction of sp³-hybridized carbons (Fsp3) is 0.143. The molecule has 0 unspecified atom stereocenters. The predicted octanol–water partition coefficient (Wildman–Crippen LogP) is 3.42. The molecule has 1 heteroatoms. The first kappa shape index (κ1) is 9.94. The molecule has 2 N–H and O–H groups in total. The summed E-state index contributed by atoms with van der Waals surface area (Å²) in [4.78, 5) is 0. The molecule has 76 valence electrons. The third-order valence-electron chi connectivity index (χ3n) is 2.62. The molecule has 0 radical (unpaired) electrons. The number of hydrogen-bond donors (Lipinski definition) is 1. The van der Waals surface area contributed by atoms with Crippen molar-refractivity contribution >= 4 is 10.8 Å². The van der Waals surface area contributed by atoms with Crippen molar-refractivity contribution in [3.8, 4) is 0 Å². The summed E-state index contributed by atoms with van der Waals surface area (Å²) in [5.74, 6) is 0. The highest BCUT2D eigenvalue weighted by Crippen LogP contribution is 2.20. The molecule has 0 fully saturated rings. The molecule has 0 aromatic heterocycles. The molecule has 0 aliphatic heterocycles. The van der Waals surface area contributed by atoms with Gasteiger partial charge in [0.1, 0.15) is 0 Å². The van der Waals surface area contributed by atoms with Crippen molar-refractivity contribution in [2.75, 3.05) is 0 Å². The van der Waals surface area contributed by atoms with Gasteiger partial charge in [-0.3, -0.25) is 0 Å². The van der Waals surface area contributed by atoms with Crippen molar-refractivity contribution in [2.24, 2.45) is 5.73 Å². The summed E-state index contributed by atoms with van der Waals surface area (Å²) in [5.41, 5.74) is 7.20. The fourth-order valence-electron chi connectivity index (χ4n) is 1.75. The van der Waals surface area contributed by atoms with Crippen molar-refractivity contribution in [2.45, 2.75) is 12.5 Å². The zero-order valence-corrected chi connectivity index (χ0v) is 8.69. The quantitative estimate of drug-likeness (QED) is 0.750. The maximum Gasteiger partial charge on any atom is 0.0329 e. The van der Waals surface area contributed by atoms with Crippen molar-refractivity contribution < 1.29 is 0 Å². The minimum atomic E-state index is 0.0621. The summed E-state index contributed by atoms with van der Waals surface area (Å²) < 4.78 is 0. The van der Waals surface area contributed by atoms with E-state index in [1.807, 2.05) is 18.2 Å². The Kier molecular flexibility index (Phi) is 2.84. The minimum Gasteiger partial charge on any atom is -0.324 e. The molecule has 0 saturated heterocycles. The highest BCUT2D eigenvalue weighted by Gasteiger charge is 2.03. The normalized spacial score (nSPS) is 12.6. The lowest BCUT2D eigenvalue weighted by molar-refractivity contribution is 0.743. The molecule has 0 spiro atoms. The number of rotatable bonds is 3. The summed E-state index contributed by atoms with van der Waals surface area (Å²) in [5, 5.41) is 2.50. The van der Waals surface area contributed by atoms with Crippen LogP contribution in [0.5, 0.6) is 0 Å². The first-order valence-corrected chi connectivity index (χ1v) is 5.16. The Morgan fingerprint density at radius 2 is 1.87 bits per heavy atom. The Morgan fingerprint density at radius 3 is 2.60 bits per heavy atom. The van der Waals surface area contributed by atoms with Gasteiger partial charge in [-0.1, -0.05) is 42.5 Å². The van der Waals surface area contributed by atoms with Crippen LogP contribution in [-0.4, -0.2) is 0 Å². The van der Waals surface area contributed by atoms with E-state index in [-0.39, 0.29) is 6.04 Å². The van der Waals surface area contributed by atoms with Crippen molar-refractivity contribution in [1.82, 2.24) is 0 Å². The van der Waals surface area contributed by atoms with Crippen LogP contribution < -0.4 is 5.73 Å². The lowest BCUT2D eigenvalue weighted by Crippen LogP contribution is -2.08. The minimum absolute atomic E-state index is 0.0621. The Morgan fingerprint density at radius 1 is 1.13 bits per heavy atom. The van der Waals surface area contributed by atoms with E-state index < -0.39 is 0 Å². The van der Waals surface area contributed by atoms with E-state index in [1.165, 1.54) is 16.3 Å². The highest BCUT2D eigenvalue weighted by atomic mass is 14.6. The second kappa shape index (κ2) is 4.28. The van der Waals surface area contributed by atoms with E-state index in [0.717, 1.165) is 6.42 Å².